The van der Waals surface area contributed by atoms with Crippen LogP contribution >= 0.6 is 0 Å². The molecule has 1 amide bonds. The van der Waals surface area contributed by atoms with Gasteiger partial charge in [0.25, 0.3) is 0 Å². The highest BCUT2D eigenvalue weighted by Crippen LogP contribution is 2.19. The number of hydrogen-bond acceptors (Lipinski definition) is 3. The van der Waals surface area contributed by atoms with Crippen LogP contribution < -0.4 is 4.90 Å². The topological polar surface area (TPSA) is 36.4 Å². The van der Waals surface area contributed by atoms with Crippen LogP contribution in [0.4, 0.5) is 10.2 Å². The Morgan fingerprint density at radius 1 is 1.45 bits per heavy atom. The predicted molar refractivity (Wildman–Crippen MR) is 77.0 cm³/mol. The van der Waals surface area contributed by atoms with Gasteiger partial charge in [-0.2, -0.15) is 4.39 Å². The third kappa shape index (κ3) is 3.46. The maximum Gasteiger partial charge on any atom is 0.222 e. The van der Waals surface area contributed by atoms with E-state index in [9.17, 15) is 9.18 Å². The summed E-state index contributed by atoms with van der Waals surface area (Å²) in [7, 11) is 0. The second-order valence-corrected chi connectivity index (χ2v) is 5.80. The summed E-state index contributed by atoms with van der Waals surface area (Å²) in [4.78, 5) is 20.0. The lowest BCUT2D eigenvalue weighted by molar-refractivity contribution is -0.132. The van der Waals surface area contributed by atoms with Crippen LogP contribution in [0.15, 0.2) is 18.2 Å². The summed E-state index contributed by atoms with van der Waals surface area (Å²) in [6.07, 6.45) is 0.588. The quantitative estimate of drug-likeness (QED) is 0.797. The van der Waals surface area contributed by atoms with Gasteiger partial charge in [-0.1, -0.05) is 19.9 Å². The zero-order valence-electron chi connectivity index (χ0n) is 12.3. The first-order valence-electron chi connectivity index (χ1n) is 7.14. The van der Waals surface area contributed by atoms with Crippen molar-refractivity contribution < 1.29 is 9.18 Å². The third-order valence-electron chi connectivity index (χ3n) is 3.56. The number of carbonyl (C=O) groups is 1. The van der Waals surface area contributed by atoms with Crippen molar-refractivity contribution in [1.82, 2.24) is 9.88 Å². The molecule has 0 saturated carbocycles. The normalized spacial score (nSPS) is 19.6. The Balaban J connectivity index is 2.01. The van der Waals surface area contributed by atoms with Crippen molar-refractivity contribution in [3.63, 3.8) is 0 Å². The lowest BCUT2D eigenvalue weighted by atomic mass is 10.1. The zero-order chi connectivity index (χ0) is 14.7. The molecule has 0 bridgehead atoms. The largest absolute Gasteiger partial charge is 0.350 e. The first-order valence-corrected chi connectivity index (χ1v) is 7.14. The van der Waals surface area contributed by atoms with Crippen molar-refractivity contribution >= 4 is 11.7 Å². The Morgan fingerprint density at radius 3 is 2.80 bits per heavy atom. The number of aromatic nitrogens is 1. The molecule has 4 nitrogen and oxygen atoms in total. The Hall–Kier alpha value is -1.65. The molecule has 0 N–H and O–H groups in total. The van der Waals surface area contributed by atoms with Crippen molar-refractivity contribution in [2.75, 3.05) is 24.5 Å². The van der Waals surface area contributed by atoms with E-state index in [4.69, 9.17) is 0 Å². The van der Waals surface area contributed by atoms with Crippen molar-refractivity contribution in [2.24, 2.45) is 5.92 Å². The van der Waals surface area contributed by atoms with Crippen LogP contribution in [0.1, 0.15) is 27.2 Å². The Kier molecular flexibility index (Phi) is 4.57. The Labute approximate surface area is 119 Å². The average molecular weight is 279 g/mol. The second-order valence-electron chi connectivity index (χ2n) is 5.80. The monoisotopic (exact) mass is 279 g/mol. The standard InChI is InChI=1S/C15H22FN3O/c1-11(2)9-15(20)18-7-8-19(12(3)10-18)14-6-4-5-13(16)17-14/h4-6,11-12H,7-10H2,1-3H3. The summed E-state index contributed by atoms with van der Waals surface area (Å²) in [5.74, 6) is 0.765. The molecular formula is C15H22FN3O. The van der Waals surface area contributed by atoms with Gasteiger partial charge in [-0.25, -0.2) is 4.98 Å². The first kappa shape index (κ1) is 14.8. The summed E-state index contributed by atoms with van der Waals surface area (Å²) >= 11 is 0. The molecule has 0 aliphatic carbocycles. The minimum Gasteiger partial charge on any atom is -0.350 e. The number of hydrogen-bond donors (Lipinski definition) is 0. The smallest absolute Gasteiger partial charge is 0.222 e. The molecule has 0 aromatic carbocycles. The molecule has 110 valence electrons. The van der Waals surface area contributed by atoms with Gasteiger partial charge in [-0.05, 0) is 25.0 Å². The molecular weight excluding hydrogens is 257 g/mol. The summed E-state index contributed by atoms with van der Waals surface area (Å²) in [6, 6.07) is 4.97. The minimum atomic E-state index is -0.465. The van der Waals surface area contributed by atoms with E-state index < -0.39 is 5.95 Å². The van der Waals surface area contributed by atoms with Gasteiger partial charge in [0.1, 0.15) is 5.82 Å². The van der Waals surface area contributed by atoms with Crippen LogP contribution in [-0.2, 0) is 4.79 Å². The van der Waals surface area contributed by atoms with E-state index in [1.165, 1.54) is 6.07 Å². The van der Waals surface area contributed by atoms with Crippen molar-refractivity contribution in [3.05, 3.63) is 24.1 Å². The molecule has 5 heteroatoms. The van der Waals surface area contributed by atoms with E-state index in [-0.39, 0.29) is 11.9 Å². The Morgan fingerprint density at radius 2 is 2.20 bits per heavy atom. The molecule has 1 unspecified atom stereocenters. The van der Waals surface area contributed by atoms with Gasteiger partial charge in [-0.15, -0.1) is 0 Å². The minimum absolute atomic E-state index is 0.147. The maximum absolute atomic E-state index is 13.2. The molecule has 2 heterocycles. The molecule has 1 aromatic rings. The number of piperazine rings is 1. The van der Waals surface area contributed by atoms with E-state index in [0.717, 1.165) is 0 Å². The maximum atomic E-state index is 13.2. The molecule has 0 radical (unpaired) electrons. The number of rotatable bonds is 3. The van der Waals surface area contributed by atoms with Gasteiger partial charge in [0.2, 0.25) is 11.9 Å². The fraction of sp³-hybridized carbons (Fsp3) is 0.600. The predicted octanol–water partition coefficient (Wildman–Crippen LogP) is 2.30. The van der Waals surface area contributed by atoms with Crippen LogP contribution in [0.25, 0.3) is 0 Å². The number of carbonyl (C=O) groups excluding carboxylic acids is 1. The van der Waals surface area contributed by atoms with Crippen LogP contribution in [0.5, 0.6) is 0 Å². The van der Waals surface area contributed by atoms with Gasteiger partial charge in [-0.3, -0.25) is 4.79 Å². The van der Waals surface area contributed by atoms with Gasteiger partial charge in [0, 0.05) is 32.1 Å². The highest BCUT2D eigenvalue weighted by Gasteiger charge is 2.27. The second kappa shape index (κ2) is 6.20. The van der Waals surface area contributed by atoms with Gasteiger partial charge in [0.15, 0.2) is 0 Å². The summed E-state index contributed by atoms with van der Waals surface area (Å²) in [6.45, 7) is 8.18. The van der Waals surface area contributed by atoms with Crippen molar-refractivity contribution in [1.29, 1.82) is 0 Å². The van der Waals surface area contributed by atoms with E-state index in [2.05, 4.69) is 9.88 Å². The number of pyridine rings is 1. The number of anilines is 1. The van der Waals surface area contributed by atoms with Gasteiger partial charge in [0.05, 0.1) is 0 Å². The van der Waals surface area contributed by atoms with Crippen LogP contribution in [0.3, 0.4) is 0 Å². The fourth-order valence-electron chi connectivity index (χ4n) is 2.56. The van der Waals surface area contributed by atoms with E-state index in [0.29, 0.717) is 37.8 Å². The third-order valence-corrected chi connectivity index (χ3v) is 3.56. The fourth-order valence-corrected chi connectivity index (χ4v) is 2.56. The molecule has 1 aliphatic heterocycles. The van der Waals surface area contributed by atoms with Crippen LogP contribution in [0, 0.1) is 11.9 Å². The zero-order valence-corrected chi connectivity index (χ0v) is 12.3. The molecule has 0 spiro atoms. The summed E-state index contributed by atoms with van der Waals surface area (Å²) in [5, 5.41) is 0. The van der Waals surface area contributed by atoms with Gasteiger partial charge >= 0.3 is 0 Å². The lowest BCUT2D eigenvalue weighted by Crippen LogP contribution is -2.54. The molecule has 1 saturated heterocycles. The highest BCUT2D eigenvalue weighted by atomic mass is 19.1. The van der Waals surface area contributed by atoms with Crippen LogP contribution in [0.2, 0.25) is 0 Å². The molecule has 2 rings (SSSR count). The number of halogens is 1. The van der Waals surface area contributed by atoms with Crippen molar-refractivity contribution in [3.8, 4) is 0 Å². The lowest BCUT2D eigenvalue weighted by Gasteiger charge is -2.40. The number of nitrogens with zero attached hydrogens (tertiary/aromatic N) is 3. The first-order chi connectivity index (χ1) is 9.47. The van der Waals surface area contributed by atoms with Crippen molar-refractivity contribution in [2.45, 2.75) is 33.2 Å². The molecule has 1 atom stereocenters. The van der Waals surface area contributed by atoms with Gasteiger partial charge < -0.3 is 9.80 Å². The highest BCUT2D eigenvalue weighted by molar-refractivity contribution is 5.76. The average Bonchev–Trinajstić information content (AvgIpc) is 2.37. The molecule has 1 aliphatic rings. The van der Waals surface area contributed by atoms with E-state index in [1.54, 1.807) is 6.07 Å². The SMILES string of the molecule is CC(C)CC(=O)N1CCN(c2cccc(F)n2)C(C)C1. The molecule has 20 heavy (non-hydrogen) atoms. The van der Waals surface area contributed by atoms with Crippen LogP contribution in [-0.4, -0.2) is 41.5 Å². The summed E-state index contributed by atoms with van der Waals surface area (Å²) in [5.41, 5.74) is 0. The summed E-state index contributed by atoms with van der Waals surface area (Å²) < 4.78 is 13.2. The Bertz CT molecular complexity index is 478. The number of amides is 1. The van der Waals surface area contributed by atoms with E-state index >= 15 is 0 Å². The molecule has 1 fully saturated rings. The molecule has 1 aromatic heterocycles. The van der Waals surface area contributed by atoms with E-state index in [1.807, 2.05) is 31.7 Å².